The Morgan fingerprint density at radius 3 is 2.48 bits per heavy atom. The minimum atomic E-state index is -4.11. The number of nitrogens with one attached hydrogen (secondary N) is 1. The number of methoxy groups -OCH3 is 1. The predicted molar refractivity (Wildman–Crippen MR) is 85.4 cm³/mol. The van der Waals surface area contributed by atoms with Crippen LogP contribution in [-0.2, 0) is 25.2 Å². The van der Waals surface area contributed by atoms with Gasteiger partial charge < -0.3 is 4.74 Å². The van der Waals surface area contributed by atoms with Crippen LogP contribution in [-0.4, -0.2) is 26.4 Å². The topological polar surface area (TPSA) is 85.4 Å². The van der Waals surface area contributed by atoms with Crippen LogP contribution >= 0.6 is 11.6 Å². The zero-order valence-electron chi connectivity index (χ0n) is 12.5. The highest BCUT2D eigenvalue weighted by Crippen LogP contribution is 2.25. The first-order chi connectivity index (χ1) is 10.8. The van der Waals surface area contributed by atoms with Gasteiger partial charge in [0.2, 0.25) is 0 Å². The van der Waals surface area contributed by atoms with Gasteiger partial charge in [0.25, 0.3) is 15.9 Å². The van der Waals surface area contributed by atoms with Crippen LogP contribution in [0.2, 0.25) is 5.02 Å². The second-order valence-electron chi connectivity index (χ2n) is 4.88. The molecule has 0 saturated carbocycles. The molecular weight excluding hydrogens is 340 g/mol. The van der Waals surface area contributed by atoms with Gasteiger partial charge in [0, 0.05) is 19.5 Å². The third-order valence-corrected chi connectivity index (χ3v) is 4.89. The minimum Gasteiger partial charge on any atom is -0.364 e. The van der Waals surface area contributed by atoms with Crippen molar-refractivity contribution >= 4 is 27.5 Å². The van der Waals surface area contributed by atoms with Gasteiger partial charge in [-0.2, -0.15) is 0 Å². The van der Waals surface area contributed by atoms with E-state index in [1.807, 2.05) is 4.72 Å². The maximum atomic E-state index is 12.5. The Labute approximate surface area is 139 Å². The fraction of sp³-hybridized carbons (Fsp3) is 0.200. The normalized spacial score (nSPS) is 14.0. The van der Waals surface area contributed by atoms with Gasteiger partial charge in [-0.05, 0) is 18.6 Å². The summed E-state index contributed by atoms with van der Waals surface area (Å²) in [6.45, 7) is 1.49. The molecule has 1 aromatic heterocycles. The highest BCUT2D eigenvalue weighted by Gasteiger charge is 2.37. The van der Waals surface area contributed by atoms with Gasteiger partial charge in [-0.1, -0.05) is 41.9 Å². The molecule has 2 rings (SSSR count). The molecule has 23 heavy (non-hydrogen) atoms. The number of hydrogen-bond donors (Lipinski definition) is 1. The van der Waals surface area contributed by atoms with Gasteiger partial charge in [-0.25, -0.2) is 13.1 Å². The fourth-order valence-corrected chi connectivity index (χ4v) is 3.19. The van der Waals surface area contributed by atoms with E-state index < -0.39 is 21.5 Å². The van der Waals surface area contributed by atoms with E-state index in [0.29, 0.717) is 5.56 Å². The number of ether oxygens (including phenoxy) is 1. The highest BCUT2D eigenvalue weighted by molar-refractivity contribution is 7.90. The molecule has 1 aromatic carbocycles. The van der Waals surface area contributed by atoms with Crippen LogP contribution in [0.1, 0.15) is 12.5 Å². The van der Waals surface area contributed by atoms with E-state index in [1.54, 1.807) is 30.3 Å². The van der Waals surface area contributed by atoms with Gasteiger partial charge >= 0.3 is 0 Å². The first kappa shape index (κ1) is 17.4. The molecule has 0 radical (unpaired) electrons. The summed E-state index contributed by atoms with van der Waals surface area (Å²) in [5.74, 6) is -0.814. The molecule has 0 bridgehead atoms. The predicted octanol–water partition coefficient (Wildman–Crippen LogP) is 2.10. The van der Waals surface area contributed by atoms with Crippen LogP contribution in [0.25, 0.3) is 0 Å². The van der Waals surface area contributed by atoms with E-state index in [1.165, 1.54) is 26.3 Å². The van der Waals surface area contributed by atoms with Crippen molar-refractivity contribution in [2.24, 2.45) is 0 Å². The average Bonchev–Trinajstić information content (AvgIpc) is 2.54. The summed E-state index contributed by atoms with van der Waals surface area (Å²) in [5.41, 5.74) is -0.931. The van der Waals surface area contributed by atoms with Crippen molar-refractivity contribution < 1.29 is 17.9 Å². The molecule has 2 aromatic rings. The number of carbonyl (C=O) groups is 1. The van der Waals surface area contributed by atoms with Gasteiger partial charge in [0.05, 0.1) is 5.02 Å². The summed E-state index contributed by atoms with van der Waals surface area (Å²) >= 11 is 5.74. The van der Waals surface area contributed by atoms with Gasteiger partial charge in [-0.3, -0.25) is 9.78 Å². The number of sulfonamides is 1. The van der Waals surface area contributed by atoms with Crippen molar-refractivity contribution in [1.82, 2.24) is 9.71 Å². The molecule has 0 aliphatic rings. The van der Waals surface area contributed by atoms with E-state index in [9.17, 15) is 13.2 Å². The number of halogens is 1. The molecular formula is C15H15ClN2O4S. The molecule has 0 aliphatic carbocycles. The Morgan fingerprint density at radius 2 is 1.91 bits per heavy atom. The molecule has 1 heterocycles. The number of aromatic nitrogens is 1. The lowest BCUT2D eigenvalue weighted by Gasteiger charge is -2.27. The lowest BCUT2D eigenvalue weighted by atomic mass is 9.95. The maximum absolute atomic E-state index is 12.5. The summed E-state index contributed by atoms with van der Waals surface area (Å²) < 4.78 is 31.9. The molecule has 0 unspecified atom stereocenters. The Balaban J connectivity index is 2.33. The van der Waals surface area contributed by atoms with E-state index in [4.69, 9.17) is 16.3 Å². The average molecular weight is 355 g/mol. The summed E-state index contributed by atoms with van der Waals surface area (Å²) in [6, 6.07) is 9.81. The molecule has 6 nitrogen and oxygen atoms in total. The van der Waals surface area contributed by atoms with Crippen molar-refractivity contribution in [3.05, 3.63) is 59.4 Å². The van der Waals surface area contributed by atoms with Crippen molar-refractivity contribution in [3.8, 4) is 0 Å². The van der Waals surface area contributed by atoms with Gasteiger partial charge in [0.1, 0.15) is 4.90 Å². The number of rotatable bonds is 5. The number of pyridine rings is 1. The van der Waals surface area contributed by atoms with Crippen molar-refractivity contribution in [3.63, 3.8) is 0 Å². The van der Waals surface area contributed by atoms with Crippen molar-refractivity contribution in [2.45, 2.75) is 17.4 Å². The van der Waals surface area contributed by atoms with Crippen molar-refractivity contribution in [2.75, 3.05) is 7.11 Å². The molecule has 122 valence electrons. The van der Waals surface area contributed by atoms with E-state index in [2.05, 4.69) is 4.98 Å². The Bertz CT molecular complexity index is 811. The first-order valence-corrected chi connectivity index (χ1v) is 8.44. The molecule has 1 atom stereocenters. The van der Waals surface area contributed by atoms with E-state index in [0.717, 1.165) is 6.20 Å². The van der Waals surface area contributed by atoms with Crippen LogP contribution in [0.5, 0.6) is 0 Å². The Morgan fingerprint density at radius 1 is 1.26 bits per heavy atom. The quantitative estimate of drug-likeness (QED) is 0.888. The SMILES string of the molecule is CO[C@@](C)(C(=O)NS(=O)(=O)c1cncc(Cl)c1)c1ccccc1. The summed E-state index contributed by atoms with van der Waals surface area (Å²) in [6.07, 6.45) is 2.40. The van der Waals surface area contributed by atoms with Crippen LogP contribution in [0.4, 0.5) is 0 Å². The summed E-state index contributed by atoms with van der Waals surface area (Å²) in [5, 5.41) is 0.151. The monoisotopic (exact) mass is 354 g/mol. The largest absolute Gasteiger partial charge is 0.364 e. The van der Waals surface area contributed by atoms with Gasteiger partial charge in [-0.15, -0.1) is 0 Å². The second-order valence-corrected chi connectivity index (χ2v) is 7.00. The summed E-state index contributed by atoms with van der Waals surface area (Å²) in [7, 11) is -2.78. The maximum Gasteiger partial charge on any atom is 0.270 e. The smallest absolute Gasteiger partial charge is 0.270 e. The Hall–Kier alpha value is -1.96. The lowest BCUT2D eigenvalue weighted by Crippen LogP contribution is -2.46. The number of carbonyl (C=O) groups excluding carboxylic acids is 1. The number of benzene rings is 1. The molecule has 1 amide bonds. The van der Waals surface area contributed by atoms with Crippen LogP contribution in [0.3, 0.4) is 0 Å². The number of nitrogens with zero attached hydrogens (tertiary/aromatic N) is 1. The molecule has 0 saturated heterocycles. The zero-order valence-corrected chi connectivity index (χ0v) is 14.1. The van der Waals surface area contributed by atoms with Crippen LogP contribution < -0.4 is 4.72 Å². The minimum absolute atomic E-state index is 0.151. The van der Waals surface area contributed by atoms with E-state index >= 15 is 0 Å². The van der Waals surface area contributed by atoms with Crippen LogP contribution in [0.15, 0.2) is 53.7 Å². The molecule has 0 fully saturated rings. The zero-order chi connectivity index (χ0) is 17.1. The molecule has 8 heteroatoms. The third-order valence-electron chi connectivity index (χ3n) is 3.38. The Kier molecular flexibility index (Phi) is 5.03. The van der Waals surface area contributed by atoms with E-state index in [-0.39, 0.29) is 9.92 Å². The highest BCUT2D eigenvalue weighted by atomic mass is 35.5. The second kappa shape index (κ2) is 6.66. The fourth-order valence-electron chi connectivity index (χ4n) is 1.92. The molecule has 0 aliphatic heterocycles. The summed E-state index contributed by atoms with van der Waals surface area (Å²) in [4.78, 5) is 16.0. The standard InChI is InChI=1S/C15H15ClN2O4S/c1-15(22-2,11-6-4-3-5-7-11)14(19)18-23(20,21)13-8-12(16)9-17-10-13/h3-10H,1-2H3,(H,18,19)/t15-/m1/s1. The van der Waals surface area contributed by atoms with Gasteiger partial charge in [0.15, 0.2) is 5.60 Å². The molecule has 0 spiro atoms. The number of hydrogen-bond acceptors (Lipinski definition) is 5. The van der Waals surface area contributed by atoms with Crippen molar-refractivity contribution in [1.29, 1.82) is 0 Å². The van der Waals surface area contributed by atoms with Crippen LogP contribution in [0, 0.1) is 0 Å². The first-order valence-electron chi connectivity index (χ1n) is 6.58. The lowest BCUT2D eigenvalue weighted by molar-refractivity contribution is -0.140. The molecule has 1 N–H and O–H groups in total. The third kappa shape index (κ3) is 3.69. The number of amides is 1.